The average molecular weight is 450 g/mol. The number of anilines is 4. The van der Waals surface area contributed by atoms with Crippen molar-refractivity contribution in [1.29, 1.82) is 0 Å². The Kier molecular flexibility index (Phi) is 7.21. The van der Waals surface area contributed by atoms with Gasteiger partial charge in [0.05, 0.1) is 20.3 Å². The molecule has 2 N–H and O–H groups in total. The minimum absolute atomic E-state index is 0.123. The van der Waals surface area contributed by atoms with Crippen LogP contribution in [0.15, 0.2) is 54.6 Å². The van der Waals surface area contributed by atoms with Crippen molar-refractivity contribution >= 4 is 29.0 Å². The maximum absolute atomic E-state index is 12.3. The van der Waals surface area contributed by atoms with Gasteiger partial charge in [0.2, 0.25) is 5.95 Å². The van der Waals surface area contributed by atoms with Crippen molar-refractivity contribution in [3.63, 3.8) is 0 Å². The van der Waals surface area contributed by atoms with Gasteiger partial charge in [-0.15, -0.1) is 0 Å². The van der Waals surface area contributed by atoms with Crippen LogP contribution in [0.3, 0.4) is 0 Å². The van der Waals surface area contributed by atoms with Crippen molar-refractivity contribution < 1.29 is 19.0 Å². The maximum atomic E-state index is 12.3. The minimum atomic E-state index is -0.265. The fourth-order valence-corrected chi connectivity index (χ4v) is 3.41. The Balaban J connectivity index is 1.33. The van der Waals surface area contributed by atoms with E-state index < -0.39 is 0 Å². The highest BCUT2D eigenvalue weighted by molar-refractivity contribution is 5.92. The summed E-state index contributed by atoms with van der Waals surface area (Å²) in [5, 5.41) is 6.05. The summed E-state index contributed by atoms with van der Waals surface area (Å²) in [5.41, 5.74) is 2.36. The molecule has 0 bridgehead atoms. The summed E-state index contributed by atoms with van der Waals surface area (Å²) in [5.74, 6) is 2.24. The number of benzene rings is 2. The van der Waals surface area contributed by atoms with Crippen molar-refractivity contribution in [2.45, 2.75) is 6.92 Å². The number of ether oxygens (including phenoxy) is 3. The summed E-state index contributed by atoms with van der Waals surface area (Å²) in [6.45, 7) is 4.84. The molecule has 2 aromatic carbocycles. The van der Waals surface area contributed by atoms with Gasteiger partial charge in [0.1, 0.15) is 5.82 Å². The predicted octanol–water partition coefficient (Wildman–Crippen LogP) is 3.39. The van der Waals surface area contributed by atoms with E-state index >= 15 is 0 Å². The third-order valence-corrected chi connectivity index (χ3v) is 5.03. The number of methoxy groups -OCH3 is 1. The number of carbonyl (C=O) groups is 1. The number of aryl methyl sites for hydroxylation is 1. The van der Waals surface area contributed by atoms with Gasteiger partial charge in [-0.3, -0.25) is 4.79 Å². The Bertz CT molecular complexity index is 1080. The van der Waals surface area contributed by atoms with Crippen molar-refractivity contribution in [3.8, 4) is 11.5 Å². The number of hydrogen-bond donors (Lipinski definition) is 2. The van der Waals surface area contributed by atoms with Crippen LogP contribution in [0.2, 0.25) is 0 Å². The Morgan fingerprint density at radius 3 is 2.45 bits per heavy atom. The van der Waals surface area contributed by atoms with Crippen LogP contribution >= 0.6 is 0 Å². The monoisotopic (exact) mass is 449 g/mol. The molecule has 4 rings (SSSR count). The lowest BCUT2D eigenvalue weighted by molar-refractivity contribution is -0.118. The molecule has 1 aliphatic rings. The lowest BCUT2D eigenvalue weighted by Gasteiger charge is -2.28. The molecule has 0 spiro atoms. The Labute approximate surface area is 192 Å². The number of nitrogens with zero attached hydrogens (tertiary/aromatic N) is 3. The summed E-state index contributed by atoms with van der Waals surface area (Å²) in [6, 6.07) is 16.5. The molecule has 0 aliphatic carbocycles. The average Bonchev–Trinajstić information content (AvgIpc) is 2.84. The topological polar surface area (TPSA) is 97.8 Å². The van der Waals surface area contributed by atoms with Crippen LogP contribution in [0.1, 0.15) is 5.69 Å². The molecule has 1 aliphatic heterocycles. The Hall–Kier alpha value is -3.85. The smallest absolute Gasteiger partial charge is 0.262 e. The molecular weight excluding hydrogens is 422 g/mol. The molecule has 0 radical (unpaired) electrons. The second-order valence-corrected chi connectivity index (χ2v) is 7.48. The van der Waals surface area contributed by atoms with E-state index in [0.29, 0.717) is 36.3 Å². The molecule has 33 heavy (non-hydrogen) atoms. The van der Waals surface area contributed by atoms with Crippen LogP contribution in [-0.4, -0.2) is 55.9 Å². The van der Waals surface area contributed by atoms with Gasteiger partial charge in [0.15, 0.2) is 18.1 Å². The van der Waals surface area contributed by atoms with Crippen molar-refractivity contribution in [3.05, 3.63) is 60.3 Å². The van der Waals surface area contributed by atoms with Crippen molar-refractivity contribution in [2.75, 3.05) is 55.6 Å². The van der Waals surface area contributed by atoms with Gasteiger partial charge < -0.3 is 29.7 Å². The van der Waals surface area contributed by atoms with Crippen LogP contribution < -0.4 is 25.0 Å². The fourth-order valence-electron chi connectivity index (χ4n) is 3.41. The largest absolute Gasteiger partial charge is 0.493 e. The normalized spacial score (nSPS) is 13.3. The summed E-state index contributed by atoms with van der Waals surface area (Å²) in [7, 11) is 1.56. The number of hydrogen-bond acceptors (Lipinski definition) is 8. The van der Waals surface area contributed by atoms with Crippen LogP contribution in [0.25, 0.3) is 0 Å². The number of rotatable bonds is 8. The Morgan fingerprint density at radius 1 is 1.03 bits per heavy atom. The van der Waals surface area contributed by atoms with E-state index in [0.717, 1.165) is 30.3 Å². The van der Waals surface area contributed by atoms with E-state index in [1.807, 2.05) is 49.4 Å². The summed E-state index contributed by atoms with van der Waals surface area (Å²) in [4.78, 5) is 23.6. The lowest BCUT2D eigenvalue weighted by Crippen LogP contribution is -2.36. The van der Waals surface area contributed by atoms with E-state index in [4.69, 9.17) is 14.2 Å². The third kappa shape index (κ3) is 6.11. The molecule has 0 saturated carbocycles. The molecule has 172 valence electrons. The second kappa shape index (κ2) is 10.6. The van der Waals surface area contributed by atoms with Gasteiger partial charge in [-0.05, 0) is 43.3 Å². The number of nitrogens with one attached hydrogen (secondary N) is 2. The maximum Gasteiger partial charge on any atom is 0.262 e. The number of para-hydroxylation sites is 2. The molecule has 9 nitrogen and oxygen atoms in total. The highest BCUT2D eigenvalue weighted by Gasteiger charge is 2.14. The molecule has 1 amide bonds. The van der Waals surface area contributed by atoms with Crippen molar-refractivity contribution in [1.82, 2.24) is 9.97 Å². The zero-order chi connectivity index (χ0) is 23.0. The fraction of sp³-hybridized carbons (Fsp3) is 0.292. The van der Waals surface area contributed by atoms with Gasteiger partial charge in [-0.2, -0.15) is 4.98 Å². The molecule has 0 atom stereocenters. The highest BCUT2D eigenvalue weighted by atomic mass is 16.5. The second-order valence-electron chi connectivity index (χ2n) is 7.48. The lowest BCUT2D eigenvalue weighted by atomic mass is 10.2. The molecule has 1 fully saturated rings. The highest BCUT2D eigenvalue weighted by Crippen LogP contribution is 2.26. The first-order valence-electron chi connectivity index (χ1n) is 10.7. The SMILES string of the molecule is COc1ccccc1OCC(=O)Nc1ccc(Nc2nc(C)cc(N3CCOCC3)n2)cc1. The first kappa shape index (κ1) is 22.3. The standard InChI is InChI=1S/C24H27N5O4/c1-17-15-22(29-11-13-32-14-12-29)28-24(25-17)27-19-9-7-18(8-10-19)26-23(30)16-33-21-6-4-3-5-20(21)31-2/h3-10,15H,11-14,16H2,1-2H3,(H,26,30)(H,25,27,28). The van der Waals surface area contributed by atoms with Crippen LogP contribution in [0, 0.1) is 6.92 Å². The van der Waals surface area contributed by atoms with Crippen molar-refractivity contribution in [2.24, 2.45) is 0 Å². The van der Waals surface area contributed by atoms with E-state index in [1.165, 1.54) is 0 Å². The third-order valence-electron chi connectivity index (χ3n) is 5.03. The number of aromatic nitrogens is 2. The molecular formula is C24H27N5O4. The molecule has 0 unspecified atom stereocenters. The number of carbonyl (C=O) groups excluding carboxylic acids is 1. The molecule has 1 aromatic heterocycles. The van der Waals surface area contributed by atoms with E-state index in [2.05, 4.69) is 25.5 Å². The molecule has 2 heterocycles. The predicted molar refractivity (Wildman–Crippen MR) is 127 cm³/mol. The first-order valence-corrected chi connectivity index (χ1v) is 10.7. The zero-order valence-corrected chi connectivity index (χ0v) is 18.7. The van der Waals surface area contributed by atoms with E-state index in [9.17, 15) is 4.79 Å². The zero-order valence-electron chi connectivity index (χ0n) is 18.7. The van der Waals surface area contributed by atoms with E-state index in [1.54, 1.807) is 19.2 Å². The summed E-state index contributed by atoms with van der Waals surface area (Å²) >= 11 is 0. The van der Waals surface area contributed by atoms with Gasteiger partial charge in [0, 0.05) is 36.2 Å². The van der Waals surface area contributed by atoms with Gasteiger partial charge in [0.25, 0.3) is 5.91 Å². The van der Waals surface area contributed by atoms with Gasteiger partial charge >= 0.3 is 0 Å². The number of morpholine rings is 1. The Morgan fingerprint density at radius 2 is 1.73 bits per heavy atom. The molecule has 1 saturated heterocycles. The number of amides is 1. The molecule has 9 heteroatoms. The molecule has 3 aromatic rings. The quantitative estimate of drug-likeness (QED) is 0.540. The minimum Gasteiger partial charge on any atom is -0.493 e. The summed E-state index contributed by atoms with van der Waals surface area (Å²) < 4.78 is 16.2. The van der Waals surface area contributed by atoms with E-state index in [-0.39, 0.29) is 12.5 Å². The van der Waals surface area contributed by atoms with Crippen LogP contribution in [0.4, 0.5) is 23.1 Å². The van der Waals surface area contributed by atoms with Gasteiger partial charge in [-0.25, -0.2) is 4.98 Å². The van der Waals surface area contributed by atoms with Gasteiger partial charge in [-0.1, -0.05) is 12.1 Å². The van der Waals surface area contributed by atoms with Crippen LogP contribution in [-0.2, 0) is 9.53 Å². The first-order chi connectivity index (χ1) is 16.1. The van der Waals surface area contributed by atoms with Crippen LogP contribution in [0.5, 0.6) is 11.5 Å². The summed E-state index contributed by atoms with van der Waals surface area (Å²) in [6.07, 6.45) is 0.